The molecule has 4 rings (SSSR count). The Bertz CT molecular complexity index is 1130. The van der Waals surface area contributed by atoms with E-state index in [2.05, 4.69) is 11.2 Å². The van der Waals surface area contributed by atoms with E-state index in [0.717, 1.165) is 16.7 Å². The van der Waals surface area contributed by atoms with E-state index < -0.39 is 30.5 Å². The van der Waals surface area contributed by atoms with Crippen LogP contribution in [0.1, 0.15) is 23.6 Å². The van der Waals surface area contributed by atoms with Gasteiger partial charge in [0.15, 0.2) is 0 Å². The van der Waals surface area contributed by atoms with Gasteiger partial charge in [-0.15, -0.1) is 6.42 Å². The van der Waals surface area contributed by atoms with Gasteiger partial charge in [-0.25, -0.2) is 0 Å². The zero-order chi connectivity index (χ0) is 25.9. The Kier molecular flexibility index (Phi) is 9.87. The Labute approximate surface area is 218 Å². The molecule has 0 radical (unpaired) electrons. The highest BCUT2D eigenvalue weighted by Gasteiger charge is 2.47. The summed E-state index contributed by atoms with van der Waals surface area (Å²) in [5.74, 6) is 2.47. The lowest BCUT2D eigenvalue weighted by molar-refractivity contribution is -0.222. The van der Waals surface area contributed by atoms with Crippen molar-refractivity contribution in [3.8, 4) is 12.3 Å². The molecule has 0 unspecified atom stereocenters. The maximum absolute atomic E-state index is 12.1. The summed E-state index contributed by atoms with van der Waals surface area (Å²) in [5.41, 5.74) is 3.08. The van der Waals surface area contributed by atoms with Gasteiger partial charge in [0, 0.05) is 6.92 Å². The second-order valence-electron chi connectivity index (χ2n) is 9.01. The molecule has 37 heavy (non-hydrogen) atoms. The van der Waals surface area contributed by atoms with Crippen molar-refractivity contribution in [1.29, 1.82) is 0 Å². The van der Waals surface area contributed by atoms with E-state index >= 15 is 0 Å². The van der Waals surface area contributed by atoms with Crippen molar-refractivity contribution in [3.05, 3.63) is 108 Å². The van der Waals surface area contributed by atoms with Gasteiger partial charge in [0.2, 0.25) is 5.91 Å². The number of hydrogen-bond acceptors (Lipinski definition) is 5. The number of ether oxygens (including phenoxy) is 4. The molecule has 6 heteroatoms. The SMILES string of the molecule is C#C[C@@H]1O[C@H](COCc2ccccc2)[C@@H](OCc2ccccc2)[C@H](OCc2ccccc2)[C@H]1NC(C)=O. The second-order valence-corrected chi connectivity index (χ2v) is 9.01. The first-order chi connectivity index (χ1) is 18.1. The van der Waals surface area contributed by atoms with Crippen LogP contribution in [0.5, 0.6) is 0 Å². The quantitative estimate of drug-likeness (QED) is 0.399. The first-order valence-electron chi connectivity index (χ1n) is 12.5. The van der Waals surface area contributed by atoms with Crippen LogP contribution in [0.2, 0.25) is 0 Å². The van der Waals surface area contributed by atoms with Crippen molar-refractivity contribution in [1.82, 2.24) is 5.32 Å². The highest BCUT2D eigenvalue weighted by molar-refractivity contribution is 5.73. The number of hydrogen-bond donors (Lipinski definition) is 1. The number of benzene rings is 3. The molecule has 0 aromatic heterocycles. The third kappa shape index (κ3) is 7.75. The minimum Gasteiger partial charge on any atom is -0.374 e. The van der Waals surface area contributed by atoms with Crippen LogP contribution in [0.25, 0.3) is 0 Å². The standard InChI is InChI=1S/C31H33NO5/c1-3-27-29(32-23(2)33)31(36-21-26-17-11-6-12-18-26)30(35-20-25-15-9-5-10-16-25)28(37-27)22-34-19-24-13-7-4-8-14-24/h1,4-18,27-31H,19-22H2,2H3,(H,32,33)/t27-,28+,29-,30+,31+/m0/s1. The van der Waals surface area contributed by atoms with E-state index in [0.29, 0.717) is 19.8 Å². The maximum atomic E-state index is 12.1. The Morgan fingerprint density at radius 1 is 0.811 bits per heavy atom. The van der Waals surface area contributed by atoms with Gasteiger partial charge in [0.05, 0.1) is 32.5 Å². The lowest BCUT2D eigenvalue weighted by atomic mass is 9.92. The molecule has 1 aliphatic rings. The number of amides is 1. The van der Waals surface area contributed by atoms with E-state index in [1.807, 2.05) is 91.0 Å². The Balaban J connectivity index is 1.57. The molecule has 0 saturated carbocycles. The first-order valence-corrected chi connectivity index (χ1v) is 12.5. The van der Waals surface area contributed by atoms with Crippen LogP contribution >= 0.6 is 0 Å². The van der Waals surface area contributed by atoms with Crippen LogP contribution in [0.15, 0.2) is 91.0 Å². The van der Waals surface area contributed by atoms with Crippen molar-refractivity contribution in [3.63, 3.8) is 0 Å². The lowest BCUT2D eigenvalue weighted by Gasteiger charge is -2.45. The third-order valence-corrected chi connectivity index (χ3v) is 6.19. The highest BCUT2D eigenvalue weighted by atomic mass is 16.6. The molecule has 1 saturated heterocycles. The molecule has 1 N–H and O–H groups in total. The number of carbonyl (C=O) groups excluding carboxylic acids is 1. The average Bonchev–Trinajstić information content (AvgIpc) is 2.93. The van der Waals surface area contributed by atoms with E-state index in [1.165, 1.54) is 6.92 Å². The van der Waals surface area contributed by atoms with Crippen molar-refractivity contribution >= 4 is 5.91 Å². The summed E-state index contributed by atoms with van der Waals surface area (Å²) in [5, 5.41) is 2.95. The summed E-state index contributed by atoms with van der Waals surface area (Å²) in [6.45, 7) is 2.82. The number of terminal acetylenes is 1. The lowest BCUT2D eigenvalue weighted by Crippen LogP contribution is -2.65. The van der Waals surface area contributed by atoms with E-state index in [9.17, 15) is 4.79 Å². The number of rotatable bonds is 11. The van der Waals surface area contributed by atoms with Gasteiger partial charge in [0.25, 0.3) is 0 Å². The zero-order valence-electron chi connectivity index (χ0n) is 21.0. The van der Waals surface area contributed by atoms with Crippen molar-refractivity contribution in [2.45, 2.75) is 57.2 Å². The van der Waals surface area contributed by atoms with Gasteiger partial charge < -0.3 is 24.3 Å². The topological polar surface area (TPSA) is 66.0 Å². The molecule has 1 amide bonds. The van der Waals surface area contributed by atoms with Crippen LogP contribution in [0, 0.1) is 12.3 Å². The smallest absolute Gasteiger partial charge is 0.217 e. The zero-order valence-corrected chi connectivity index (χ0v) is 21.0. The van der Waals surface area contributed by atoms with Crippen molar-refractivity contribution < 1.29 is 23.7 Å². The molecule has 3 aromatic rings. The summed E-state index contributed by atoms with van der Waals surface area (Å²) in [6.07, 6.45) is 3.56. The first kappa shape index (κ1) is 26.6. The second kappa shape index (κ2) is 13.7. The molecule has 3 aromatic carbocycles. The van der Waals surface area contributed by atoms with Crippen molar-refractivity contribution in [2.75, 3.05) is 6.61 Å². The molecule has 1 aliphatic heterocycles. The average molecular weight is 500 g/mol. The molecule has 0 bridgehead atoms. The molecule has 1 heterocycles. The normalized spacial score (nSPS) is 23.2. The molecular weight excluding hydrogens is 466 g/mol. The molecule has 6 nitrogen and oxygen atoms in total. The summed E-state index contributed by atoms with van der Waals surface area (Å²) in [7, 11) is 0. The fourth-order valence-corrected chi connectivity index (χ4v) is 4.41. The summed E-state index contributed by atoms with van der Waals surface area (Å²) < 4.78 is 25.2. The van der Waals surface area contributed by atoms with Crippen LogP contribution in [-0.2, 0) is 43.6 Å². The van der Waals surface area contributed by atoms with Gasteiger partial charge in [-0.3, -0.25) is 4.79 Å². The van der Waals surface area contributed by atoms with Crippen molar-refractivity contribution in [2.24, 2.45) is 0 Å². The van der Waals surface area contributed by atoms with E-state index in [-0.39, 0.29) is 12.5 Å². The van der Waals surface area contributed by atoms with Crippen LogP contribution < -0.4 is 5.32 Å². The Morgan fingerprint density at radius 3 is 1.78 bits per heavy atom. The van der Waals surface area contributed by atoms with Crippen LogP contribution in [0.4, 0.5) is 0 Å². The summed E-state index contributed by atoms with van der Waals surface area (Å²) in [4.78, 5) is 12.1. The summed E-state index contributed by atoms with van der Waals surface area (Å²) >= 11 is 0. The van der Waals surface area contributed by atoms with Crippen LogP contribution in [-0.4, -0.2) is 43.0 Å². The van der Waals surface area contributed by atoms with E-state index in [4.69, 9.17) is 25.4 Å². The molecule has 1 fully saturated rings. The monoisotopic (exact) mass is 499 g/mol. The molecule has 5 atom stereocenters. The molecule has 0 spiro atoms. The molecular formula is C31H33NO5. The fraction of sp³-hybridized carbons (Fsp3) is 0.323. The fourth-order valence-electron chi connectivity index (χ4n) is 4.41. The maximum Gasteiger partial charge on any atom is 0.217 e. The minimum absolute atomic E-state index is 0.220. The van der Waals surface area contributed by atoms with E-state index in [1.54, 1.807) is 0 Å². The number of nitrogens with one attached hydrogen (secondary N) is 1. The largest absolute Gasteiger partial charge is 0.374 e. The van der Waals surface area contributed by atoms with Gasteiger partial charge in [-0.2, -0.15) is 0 Å². The van der Waals surface area contributed by atoms with Gasteiger partial charge in [-0.1, -0.05) is 96.9 Å². The third-order valence-electron chi connectivity index (χ3n) is 6.19. The Morgan fingerprint density at radius 2 is 1.30 bits per heavy atom. The number of carbonyl (C=O) groups is 1. The van der Waals surface area contributed by atoms with Gasteiger partial charge >= 0.3 is 0 Å². The summed E-state index contributed by atoms with van der Waals surface area (Å²) in [6, 6.07) is 29.1. The predicted octanol–water partition coefficient (Wildman–Crippen LogP) is 4.28. The van der Waals surface area contributed by atoms with Gasteiger partial charge in [-0.05, 0) is 16.7 Å². The minimum atomic E-state index is -0.702. The molecule has 192 valence electrons. The van der Waals surface area contributed by atoms with Crippen LogP contribution in [0.3, 0.4) is 0 Å². The highest BCUT2D eigenvalue weighted by Crippen LogP contribution is 2.28. The predicted molar refractivity (Wildman–Crippen MR) is 141 cm³/mol. The van der Waals surface area contributed by atoms with Gasteiger partial charge in [0.1, 0.15) is 24.4 Å². The molecule has 0 aliphatic carbocycles. The Hall–Kier alpha value is -3.47.